The Bertz CT molecular complexity index is 498. The third kappa shape index (κ3) is 3.31. The van der Waals surface area contributed by atoms with Crippen LogP contribution in [0.1, 0.15) is 36.7 Å². The van der Waals surface area contributed by atoms with Gasteiger partial charge in [0.15, 0.2) is 0 Å². The van der Waals surface area contributed by atoms with E-state index < -0.39 is 5.97 Å². The van der Waals surface area contributed by atoms with Gasteiger partial charge in [-0.1, -0.05) is 20.8 Å². The van der Waals surface area contributed by atoms with Gasteiger partial charge in [0, 0.05) is 31.9 Å². The van der Waals surface area contributed by atoms with E-state index >= 15 is 0 Å². The zero-order valence-corrected chi connectivity index (χ0v) is 12.8. The summed E-state index contributed by atoms with van der Waals surface area (Å²) in [5.41, 5.74) is 2.44. The lowest BCUT2D eigenvalue weighted by molar-refractivity contribution is 0.0696. The van der Waals surface area contributed by atoms with E-state index in [0.29, 0.717) is 5.56 Å². The van der Waals surface area contributed by atoms with Crippen molar-refractivity contribution in [3.63, 3.8) is 0 Å². The molecule has 1 heterocycles. The zero-order chi connectivity index (χ0) is 14.9. The number of piperazine rings is 1. The van der Waals surface area contributed by atoms with Crippen LogP contribution in [0.5, 0.6) is 0 Å². The van der Waals surface area contributed by atoms with Crippen molar-refractivity contribution in [3.8, 4) is 0 Å². The van der Waals surface area contributed by atoms with E-state index in [1.54, 1.807) is 12.1 Å². The van der Waals surface area contributed by atoms with Gasteiger partial charge in [0.1, 0.15) is 0 Å². The number of benzene rings is 1. The smallest absolute Gasteiger partial charge is 0.335 e. The van der Waals surface area contributed by atoms with Gasteiger partial charge in [-0.05, 0) is 36.2 Å². The topological polar surface area (TPSA) is 43.8 Å². The van der Waals surface area contributed by atoms with Gasteiger partial charge < -0.3 is 14.9 Å². The van der Waals surface area contributed by atoms with Crippen molar-refractivity contribution in [2.24, 2.45) is 0 Å². The molecule has 2 rings (SSSR count). The molecule has 0 unspecified atom stereocenters. The molecule has 0 radical (unpaired) electrons. The molecule has 1 saturated heterocycles. The molecule has 20 heavy (non-hydrogen) atoms. The van der Waals surface area contributed by atoms with Crippen LogP contribution in [0.25, 0.3) is 0 Å². The maximum atomic E-state index is 11.3. The predicted molar refractivity (Wildman–Crippen MR) is 81.8 cm³/mol. The highest BCUT2D eigenvalue weighted by Gasteiger charge is 2.21. The van der Waals surface area contributed by atoms with Crippen LogP contribution >= 0.6 is 0 Å². The summed E-state index contributed by atoms with van der Waals surface area (Å²) in [5, 5.41) is 9.31. The van der Waals surface area contributed by atoms with Crippen LogP contribution in [-0.2, 0) is 5.41 Å². The molecule has 1 fully saturated rings. The predicted octanol–water partition coefficient (Wildman–Crippen LogP) is 2.43. The number of hydrogen-bond acceptors (Lipinski definition) is 3. The van der Waals surface area contributed by atoms with Crippen LogP contribution in [0.4, 0.5) is 5.69 Å². The Morgan fingerprint density at radius 1 is 1.10 bits per heavy atom. The van der Waals surface area contributed by atoms with E-state index in [2.05, 4.69) is 43.7 Å². The van der Waals surface area contributed by atoms with Crippen molar-refractivity contribution in [1.82, 2.24) is 4.90 Å². The number of rotatable bonds is 2. The van der Waals surface area contributed by atoms with E-state index in [1.165, 1.54) is 0 Å². The highest BCUT2D eigenvalue weighted by molar-refractivity contribution is 5.89. The average Bonchev–Trinajstić information content (AvgIpc) is 2.38. The molecule has 0 saturated carbocycles. The number of carboxylic acids is 1. The summed E-state index contributed by atoms with van der Waals surface area (Å²) < 4.78 is 0. The number of anilines is 1. The highest BCUT2D eigenvalue weighted by Crippen LogP contribution is 2.29. The van der Waals surface area contributed by atoms with Gasteiger partial charge in [-0.15, -0.1) is 0 Å². The molecular formula is C16H24N2O2. The summed E-state index contributed by atoms with van der Waals surface area (Å²) in [5.74, 6) is -0.855. The zero-order valence-electron chi connectivity index (χ0n) is 12.8. The molecule has 0 bridgehead atoms. The Morgan fingerprint density at radius 2 is 1.70 bits per heavy atom. The van der Waals surface area contributed by atoms with Crippen molar-refractivity contribution in [3.05, 3.63) is 29.3 Å². The second-order valence-electron chi connectivity index (χ2n) is 6.61. The molecule has 4 heteroatoms. The standard InChI is InChI=1S/C16H24N2O2/c1-16(2,3)13-9-12(15(19)20)10-14(11-13)18-7-5-17(4)6-8-18/h9-11H,5-8H2,1-4H3,(H,19,20). The Balaban J connectivity index is 2.37. The van der Waals surface area contributed by atoms with Gasteiger partial charge in [0.2, 0.25) is 0 Å². The lowest BCUT2D eigenvalue weighted by Gasteiger charge is -2.35. The van der Waals surface area contributed by atoms with Gasteiger partial charge >= 0.3 is 5.97 Å². The van der Waals surface area contributed by atoms with E-state index in [1.807, 2.05) is 0 Å². The molecule has 1 aromatic carbocycles. The van der Waals surface area contributed by atoms with Crippen molar-refractivity contribution in [2.75, 3.05) is 38.1 Å². The van der Waals surface area contributed by atoms with Crippen molar-refractivity contribution in [1.29, 1.82) is 0 Å². The first-order valence-corrected chi connectivity index (χ1v) is 7.10. The number of nitrogens with zero attached hydrogens (tertiary/aromatic N) is 2. The molecule has 0 aliphatic carbocycles. The largest absolute Gasteiger partial charge is 0.478 e. The molecule has 1 N–H and O–H groups in total. The SMILES string of the molecule is CN1CCN(c2cc(C(=O)O)cc(C(C)(C)C)c2)CC1. The van der Waals surface area contributed by atoms with Crippen LogP contribution in [-0.4, -0.2) is 49.2 Å². The average molecular weight is 276 g/mol. The van der Waals surface area contributed by atoms with Crippen LogP contribution in [0.2, 0.25) is 0 Å². The van der Waals surface area contributed by atoms with Gasteiger partial charge in [0.05, 0.1) is 5.56 Å². The van der Waals surface area contributed by atoms with Crippen LogP contribution in [0.15, 0.2) is 18.2 Å². The molecule has 1 aromatic rings. The van der Waals surface area contributed by atoms with E-state index in [0.717, 1.165) is 37.4 Å². The minimum atomic E-state index is -0.855. The van der Waals surface area contributed by atoms with Crippen LogP contribution in [0, 0.1) is 0 Å². The number of carboxylic acid groups (broad SMARTS) is 1. The Hall–Kier alpha value is -1.55. The van der Waals surface area contributed by atoms with E-state index in [-0.39, 0.29) is 5.41 Å². The van der Waals surface area contributed by atoms with Crippen LogP contribution < -0.4 is 4.90 Å². The van der Waals surface area contributed by atoms with Gasteiger partial charge in [0.25, 0.3) is 0 Å². The van der Waals surface area contributed by atoms with Crippen LogP contribution in [0.3, 0.4) is 0 Å². The molecule has 0 atom stereocenters. The fourth-order valence-corrected chi connectivity index (χ4v) is 2.41. The summed E-state index contributed by atoms with van der Waals surface area (Å²) in [6.07, 6.45) is 0. The van der Waals surface area contributed by atoms with Crippen molar-refractivity contribution < 1.29 is 9.90 Å². The number of hydrogen-bond donors (Lipinski definition) is 1. The molecule has 0 aromatic heterocycles. The maximum absolute atomic E-state index is 11.3. The first-order valence-electron chi connectivity index (χ1n) is 7.10. The molecule has 1 aliphatic heterocycles. The Morgan fingerprint density at radius 3 is 2.20 bits per heavy atom. The molecule has 4 nitrogen and oxygen atoms in total. The second-order valence-corrected chi connectivity index (χ2v) is 6.61. The molecule has 0 amide bonds. The highest BCUT2D eigenvalue weighted by atomic mass is 16.4. The first-order chi connectivity index (χ1) is 9.27. The van der Waals surface area contributed by atoms with E-state index in [9.17, 15) is 9.90 Å². The van der Waals surface area contributed by atoms with Crippen molar-refractivity contribution >= 4 is 11.7 Å². The Labute approximate surface area is 121 Å². The summed E-state index contributed by atoms with van der Waals surface area (Å²) in [6, 6.07) is 5.72. The fourth-order valence-electron chi connectivity index (χ4n) is 2.41. The number of aromatic carboxylic acids is 1. The normalized spacial score (nSPS) is 17.3. The van der Waals surface area contributed by atoms with Crippen molar-refractivity contribution in [2.45, 2.75) is 26.2 Å². The Kier molecular flexibility index (Phi) is 4.04. The molecule has 110 valence electrons. The minimum absolute atomic E-state index is 0.0488. The minimum Gasteiger partial charge on any atom is -0.478 e. The third-order valence-electron chi connectivity index (χ3n) is 3.90. The number of likely N-dealkylation sites (N-methyl/N-ethyl adjacent to an activating group) is 1. The quantitative estimate of drug-likeness (QED) is 0.901. The summed E-state index contributed by atoms with van der Waals surface area (Å²) in [4.78, 5) is 15.9. The molecule has 0 spiro atoms. The van der Waals surface area contributed by atoms with Gasteiger partial charge in [-0.25, -0.2) is 4.79 Å². The fraction of sp³-hybridized carbons (Fsp3) is 0.562. The molecule has 1 aliphatic rings. The summed E-state index contributed by atoms with van der Waals surface area (Å²) >= 11 is 0. The first kappa shape index (κ1) is 14.9. The molecular weight excluding hydrogens is 252 g/mol. The second kappa shape index (κ2) is 5.44. The monoisotopic (exact) mass is 276 g/mol. The van der Waals surface area contributed by atoms with Gasteiger partial charge in [-0.3, -0.25) is 0 Å². The lowest BCUT2D eigenvalue weighted by Crippen LogP contribution is -2.44. The van der Waals surface area contributed by atoms with E-state index in [4.69, 9.17) is 0 Å². The number of carbonyl (C=O) groups is 1. The lowest BCUT2D eigenvalue weighted by atomic mass is 9.85. The maximum Gasteiger partial charge on any atom is 0.335 e. The van der Waals surface area contributed by atoms with Gasteiger partial charge in [-0.2, -0.15) is 0 Å². The summed E-state index contributed by atoms with van der Waals surface area (Å²) in [6.45, 7) is 10.3. The summed E-state index contributed by atoms with van der Waals surface area (Å²) in [7, 11) is 2.12. The third-order valence-corrected chi connectivity index (χ3v) is 3.90.